The van der Waals surface area contributed by atoms with Crippen LogP contribution in [0.5, 0.6) is 5.75 Å². The standard InChI is InChI=1S/C13H14N2O3/c1-17-11-7-9(8-12-14-5-6-15-12)3-4-10(11)13(16)18-2/h3-7H,8H2,1-2H3,(H,14,15). The molecule has 0 fully saturated rings. The number of rotatable bonds is 4. The Bertz CT molecular complexity index is 535. The van der Waals surface area contributed by atoms with Gasteiger partial charge >= 0.3 is 5.97 Å². The van der Waals surface area contributed by atoms with Gasteiger partial charge in [-0.15, -0.1) is 0 Å². The minimum atomic E-state index is -0.406. The van der Waals surface area contributed by atoms with Crippen molar-refractivity contribution in [3.8, 4) is 5.75 Å². The lowest BCUT2D eigenvalue weighted by Gasteiger charge is -2.08. The summed E-state index contributed by atoms with van der Waals surface area (Å²) in [6.07, 6.45) is 4.13. The predicted octanol–water partition coefficient (Wildman–Crippen LogP) is 1.80. The third-order valence-corrected chi connectivity index (χ3v) is 2.60. The zero-order valence-electron chi connectivity index (χ0n) is 10.3. The molecule has 0 radical (unpaired) electrons. The molecule has 1 heterocycles. The highest BCUT2D eigenvalue weighted by molar-refractivity contribution is 5.92. The van der Waals surface area contributed by atoms with Crippen LogP contribution in [0, 0.1) is 0 Å². The van der Waals surface area contributed by atoms with Crippen LogP contribution < -0.4 is 4.74 Å². The highest BCUT2D eigenvalue weighted by Gasteiger charge is 2.13. The average Bonchev–Trinajstić information content (AvgIpc) is 2.90. The first-order chi connectivity index (χ1) is 8.74. The van der Waals surface area contributed by atoms with Gasteiger partial charge in [0.25, 0.3) is 0 Å². The molecule has 1 N–H and O–H groups in total. The van der Waals surface area contributed by atoms with E-state index in [4.69, 9.17) is 4.74 Å². The number of nitrogens with one attached hydrogen (secondary N) is 1. The molecular weight excluding hydrogens is 232 g/mol. The van der Waals surface area contributed by atoms with Gasteiger partial charge in [0.1, 0.15) is 17.1 Å². The van der Waals surface area contributed by atoms with E-state index in [1.165, 1.54) is 14.2 Å². The number of H-pyrrole nitrogens is 1. The second-order valence-corrected chi connectivity index (χ2v) is 3.74. The van der Waals surface area contributed by atoms with E-state index >= 15 is 0 Å². The number of carbonyl (C=O) groups excluding carboxylic acids is 1. The zero-order valence-corrected chi connectivity index (χ0v) is 10.3. The van der Waals surface area contributed by atoms with E-state index in [0.717, 1.165) is 11.4 Å². The van der Waals surface area contributed by atoms with Gasteiger partial charge in [-0.3, -0.25) is 0 Å². The highest BCUT2D eigenvalue weighted by Crippen LogP contribution is 2.22. The number of hydrogen-bond acceptors (Lipinski definition) is 4. The molecule has 2 rings (SSSR count). The van der Waals surface area contributed by atoms with E-state index in [9.17, 15) is 4.79 Å². The van der Waals surface area contributed by atoms with Crippen molar-refractivity contribution >= 4 is 5.97 Å². The van der Waals surface area contributed by atoms with Crippen LogP contribution in [0.3, 0.4) is 0 Å². The van der Waals surface area contributed by atoms with Crippen LogP contribution in [0.4, 0.5) is 0 Å². The number of methoxy groups -OCH3 is 2. The van der Waals surface area contributed by atoms with Gasteiger partial charge in [-0.2, -0.15) is 0 Å². The van der Waals surface area contributed by atoms with Gasteiger partial charge in [0.05, 0.1) is 14.2 Å². The molecule has 2 aromatic rings. The molecule has 5 heteroatoms. The molecule has 0 saturated heterocycles. The van der Waals surface area contributed by atoms with Crippen LogP contribution in [0.2, 0.25) is 0 Å². The van der Waals surface area contributed by atoms with Crippen molar-refractivity contribution in [3.63, 3.8) is 0 Å². The van der Waals surface area contributed by atoms with Gasteiger partial charge < -0.3 is 14.5 Å². The number of benzene rings is 1. The van der Waals surface area contributed by atoms with Crippen LogP contribution in [-0.2, 0) is 11.2 Å². The van der Waals surface area contributed by atoms with Gasteiger partial charge in [0.2, 0.25) is 0 Å². The Morgan fingerprint density at radius 1 is 1.39 bits per heavy atom. The first-order valence-corrected chi connectivity index (χ1v) is 5.48. The number of esters is 1. The molecule has 0 aliphatic heterocycles. The van der Waals surface area contributed by atoms with Crippen LogP contribution in [0.25, 0.3) is 0 Å². The van der Waals surface area contributed by atoms with Crippen LogP contribution in [-0.4, -0.2) is 30.2 Å². The van der Waals surface area contributed by atoms with Crippen molar-refractivity contribution in [2.45, 2.75) is 6.42 Å². The van der Waals surface area contributed by atoms with Gasteiger partial charge in [0, 0.05) is 18.8 Å². The summed E-state index contributed by atoms with van der Waals surface area (Å²) in [7, 11) is 2.87. The molecule has 1 aromatic heterocycles. The third kappa shape index (κ3) is 2.51. The summed E-state index contributed by atoms with van der Waals surface area (Å²) in [5.41, 5.74) is 1.43. The molecule has 0 aliphatic carbocycles. The van der Waals surface area contributed by atoms with Gasteiger partial charge in [-0.25, -0.2) is 9.78 Å². The number of hydrogen-bond donors (Lipinski definition) is 1. The molecule has 94 valence electrons. The lowest BCUT2D eigenvalue weighted by Crippen LogP contribution is -2.04. The van der Waals surface area contributed by atoms with Crippen molar-refractivity contribution in [2.75, 3.05) is 14.2 Å². The van der Waals surface area contributed by atoms with Gasteiger partial charge in [-0.1, -0.05) is 6.07 Å². The summed E-state index contributed by atoms with van der Waals surface area (Å²) in [5.74, 6) is 0.963. The van der Waals surface area contributed by atoms with Gasteiger partial charge in [-0.05, 0) is 17.7 Å². The third-order valence-electron chi connectivity index (χ3n) is 2.60. The topological polar surface area (TPSA) is 64.2 Å². The summed E-state index contributed by atoms with van der Waals surface area (Å²) in [6.45, 7) is 0. The smallest absolute Gasteiger partial charge is 0.341 e. The summed E-state index contributed by atoms with van der Waals surface area (Å²) >= 11 is 0. The number of aromatic nitrogens is 2. The lowest BCUT2D eigenvalue weighted by atomic mass is 10.1. The summed E-state index contributed by atoms with van der Waals surface area (Å²) < 4.78 is 9.88. The molecule has 0 amide bonds. The van der Waals surface area contributed by atoms with Crippen molar-refractivity contribution in [1.29, 1.82) is 0 Å². The Balaban J connectivity index is 2.27. The van der Waals surface area contributed by atoms with Crippen molar-refractivity contribution in [1.82, 2.24) is 9.97 Å². The summed E-state index contributed by atoms with van der Waals surface area (Å²) in [5, 5.41) is 0. The minimum Gasteiger partial charge on any atom is -0.496 e. The Morgan fingerprint density at radius 3 is 2.83 bits per heavy atom. The normalized spacial score (nSPS) is 10.1. The molecule has 0 saturated carbocycles. The fourth-order valence-corrected chi connectivity index (χ4v) is 1.71. The highest BCUT2D eigenvalue weighted by atomic mass is 16.5. The monoisotopic (exact) mass is 246 g/mol. The average molecular weight is 246 g/mol. The lowest BCUT2D eigenvalue weighted by molar-refractivity contribution is 0.0597. The number of nitrogens with zero attached hydrogens (tertiary/aromatic N) is 1. The summed E-state index contributed by atoms with van der Waals surface area (Å²) in [4.78, 5) is 18.7. The molecule has 0 atom stereocenters. The molecule has 0 bridgehead atoms. The fraction of sp³-hybridized carbons (Fsp3) is 0.231. The molecule has 1 aromatic carbocycles. The number of aromatic amines is 1. The number of imidazole rings is 1. The maximum atomic E-state index is 11.5. The van der Waals surface area contributed by atoms with E-state index in [0.29, 0.717) is 17.7 Å². The Labute approximate surface area is 105 Å². The largest absolute Gasteiger partial charge is 0.496 e. The quantitative estimate of drug-likeness (QED) is 0.835. The Kier molecular flexibility index (Phi) is 3.62. The maximum Gasteiger partial charge on any atom is 0.341 e. The van der Waals surface area contributed by atoms with E-state index in [2.05, 4.69) is 14.7 Å². The molecule has 5 nitrogen and oxygen atoms in total. The SMILES string of the molecule is COC(=O)c1ccc(Cc2ncc[nH]2)cc1OC. The van der Waals surface area contributed by atoms with Crippen LogP contribution >= 0.6 is 0 Å². The second kappa shape index (κ2) is 5.35. The molecule has 0 unspecified atom stereocenters. The maximum absolute atomic E-state index is 11.5. The van der Waals surface area contributed by atoms with E-state index < -0.39 is 5.97 Å². The van der Waals surface area contributed by atoms with E-state index in [1.54, 1.807) is 18.5 Å². The molecule has 0 aliphatic rings. The Hall–Kier alpha value is -2.30. The Morgan fingerprint density at radius 2 is 2.22 bits per heavy atom. The summed E-state index contributed by atoms with van der Waals surface area (Å²) in [6, 6.07) is 5.37. The van der Waals surface area contributed by atoms with Crippen LogP contribution in [0.1, 0.15) is 21.7 Å². The molecule has 0 spiro atoms. The van der Waals surface area contributed by atoms with Crippen molar-refractivity contribution in [2.24, 2.45) is 0 Å². The second-order valence-electron chi connectivity index (χ2n) is 3.74. The van der Waals surface area contributed by atoms with Crippen molar-refractivity contribution < 1.29 is 14.3 Å². The number of ether oxygens (including phenoxy) is 2. The zero-order chi connectivity index (χ0) is 13.0. The first kappa shape index (κ1) is 12.2. The molecular formula is C13H14N2O3. The minimum absolute atomic E-state index is 0.406. The van der Waals surface area contributed by atoms with Gasteiger partial charge in [0.15, 0.2) is 0 Å². The fourth-order valence-electron chi connectivity index (χ4n) is 1.71. The predicted molar refractivity (Wildman–Crippen MR) is 65.7 cm³/mol. The van der Waals surface area contributed by atoms with E-state index in [-0.39, 0.29) is 0 Å². The first-order valence-electron chi connectivity index (χ1n) is 5.48. The van der Waals surface area contributed by atoms with Crippen molar-refractivity contribution in [3.05, 3.63) is 47.5 Å². The van der Waals surface area contributed by atoms with Crippen LogP contribution in [0.15, 0.2) is 30.6 Å². The number of carbonyl (C=O) groups is 1. The van der Waals surface area contributed by atoms with E-state index in [1.807, 2.05) is 12.1 Å². The molecule has 18 heavy (non-hydrogen) atoms.